The highest BCUT2D eigenvalue weighted by molar-refractivity contribution is 7.93. The third-order valence-electron chi connectivity index (χ3n) is 3.97. The SMILES string of the molecule is CCN(CC)C(=O)c1ccc(NS(=O)(=O)c2cccc3nsnc23)cc1. The van der Waals surface area contributed by atoms with Crippen LogP contribution in [-0.4, -0.2) is 41.1 Å². The number of hydrogen-bond acceptors (Lipinski definition) is 6. The van der Waals surface area contributed by atoms with Crippen LogP contribution in [0.15, 0.2) is 47.4 Å². The fourth-order valence-corrected chi connectivity index (χ4v) is 4.41. The summed E-state index contributed by atoms with van der Waals surface area (Å²) in [5, 5.41) is 0. The molecule has 3 rings (SSSR count). The largest absolute Gasteiger partial charge is 0.339 e. The van der Waals surface area contributed by atoms with Gasteiger partial charge in [0, 0.05) is 24.3 Å². The van der Waals surface area contributed by atoms with Crippen LogP contribution in [-0.2, 0) is 10.0 Å². The van der Waals surface area contributed by atoms with Gasteiger partial charge in [-0.3, -0.25) is 9.52 Å². The van der Waals surface area contributed by atoms with Crippen LogP contribution in [0.3, 0.4) is 0 Å². The van der Waals surface area contributed by atoms with Gasteiger partial charge in [0.05, 0.1) is 11.7 Å². The zero-order valence-corrected chi connectivity index (χ0v) is 16.0. The lowest BCUT2D eigenvalue weighted by Gasteiger charge is -2.18. The highest BCUT2D eigenvalue weighted by Gasteiger charge is 2.20. The van der Waals surface area contributed by atoms with E-state index >= 15 is 0 Å². The Morgan fingerprint density at radius 3 is 2.42 bits per heavy atom. The lowest BCUT2D eigenvalue weighted by molar-refractivity contribution is 0.0773. The molecule has 2 aromatic carbocycles. The molecule has 7 nitrogen and oxygen atoms in total. The molecule has 1 heterocycles. The third kappa shape index (κ3) is 3.54. The van der Waals surface area contributed by atoms with Crippen LogP contribution in [0.5, 0.6) is 0 Å². The van der Waals surface area contributed by atoms with E-state index in [0.717, 1.165) is 11.7 Å². The van der Waals surface area contributed by atoms with E-state index in [1.54, 1.807) is 41.3 Å². The van der Waals surface area contributed by atoms with Crippen LogP contribution in [0.2, 0.25) is 0 Å². The average molecular weight is 390 g/mol. The Hall–Kier alpha value is -2.52. The number of benzene rings is 2. The van der Waals surface area contributed by atoms with Crippen LogP contribution < -0.4 is 4.72 Å². The van der Waals surface area contributed by atoms with Crippen molar-refractivity contribution < 1.29 is 13.2 Å². The van der Waals surface area contributed by atoms with Crippen LogP contribution in [0.25, 0.3) is 11.0 Å². The zero-order chi connectivity index (χ0) is 18.7. The summed E-state index contributed by atoms with van der Waals surface area (Å²) in [4.78, 5) is 14.1. The lowest BCUT2D eigenvalue weighted by atomic mass is 10.2. The number of rotatable bonds is 6. The van der Waals surface area contributed by atoms with E-state index in [2.05, 4.69) is 13.5 Å². The Morgan fingerprint density at radius 1 is 1.08 bits per heavy atom. The van der Waals surface area contributed by atoms with Gasteiger partial charge in [0.15, 0.2) is 0 Å². The van der Waals surface area contributed by atoms with Crippen molar-refractivity contribution in [1.82, 2.24) is 13.6 Å². The Bertz CT molecular complexity index is 1030. The molecular weight excluding hydrogens is 372 g/mol. The number of sulfonamides is 1. The molecule has 9 heteroatoms. The molecule has 0 aliphatic heterocycles. The van der Waals surface area contributed by atoms with Gasteiger partial charge in [0.25, 0.3) is 15.9 Å². The second kappa shape index (κ2) is 7.38. The predicted octanol–water partition coefficient (Wildman–Crippen LogP) is 2.97. The molecule has 3 aromatic rings. The van der Waals surface area contributed by atoms with Crippen molar-refractivity contribution in [2.75, 3.05) is 17.8 Å². The van der Waals surface area contributed by atoms with Gasteiger partial charge in [0.2, 0.25) is 0 Å². The Labute approximate surface area is 156 Å². The van der Waals surface area contributed by atoms with Crippen molar-refractivity contribution in [1.29, 1.82) is 0 Å². The Balaban J connectivity index is 1.85. The molecule has 0 spiro atoms. The van der Waals surface area contributed by atoms with Gasteiger partial charge in [0.1, 0.15) is 15.9 Å². The quantitative estimate of drug-likeness (QED) is 0.698. The molecule has 0 atom stereocenters. The molecular formula is C17H18N4O3S2. The number of fused-ring (bicyclic) bond motifs is 1. The highest BCUT2D eigenvalue weighted by atomic mass is 32.2. The number of amides is 1. The van der Waals surface area contributed by atoms with E-state index in [0.29, 0.717) is 35.4 Å². The van der Waals surface area contributed by atoms with Gasteiger partial charge in [-0.2, -0.15) is 8.75 Å². The van der Waals surface area contributed by atoms with Crippen molar-refractivity contribution in [3.63, 3.8) is 0 Å². The molecule has 0 fully saturated rings. The molecule has 1 amide bonds. The van der Waals surface area contributed by atoms with E-state index in [1.165, 1.54) is 6.07 Å². The van der Waals surface area contributed by atoms with Gasteiger partial charge in [-0.15, -0.1) is 0 Å². The topological polar surface area (TPSA) is 92.3 Å². The summed E-state index contributed by atoms with van der Waals surface area (Å²) >= 11 is 0.967. The number of aromatic nitrogens is 2. The standard InChI is InChI=1S/C17H18N4O3S2/c1-3-21(4-2)17(22)12-8-10-13(11-9-12)20-26(23,24)15-7-5-6-14-16(15)19-25-18-14/h5-11,20H,3-4H2,1-2H3. The fraction of sp³-hybridized carbons (Fsp3) is 0.235. The van der Waals surface area contributed by atoms with Crippen LogP contribution in [0.4, 0.5) is 5.69 Å². The summed E-state index contributed by atoms with van der Waals surface area (Å²) in [6, 6.07) is 11.2. The number of nitrogens with one attached hydrogen (secondary N) is 1. The molecule has 0 bridgehead atoms. The predicted molar refractivity (Wildman–Crippen MR) is 102 cm³/mol. The summed E-state index contributed by atoms with van der Waals surface area (Å²) in [6.07, 6.45) is 0. The van der Waals surface area contributed by atoms with Crippen molar-refractivity contribution in [2.45, 2.75) is 18.7 Å². The van der Waals surface area contributed by atoms with Gasteiger partial charge in [-0.1, -0.05) is 6.07 Å². The zero-order valence-electron chi connectivity index (χ0n) is 14.3. The second-order valence-corrected chi connectivity index (χ2v) is 7.73. The molecule has 26 heavy (non-hydrogen) atoms. The van der Waals surface area contributed by atoms with Crippen LogP contribution in [0, 0.1) is 0 Å². The minimum Gasteiger partial charge on any atom is -0.339 e. The second-order valence-electron chi connectivity index (χ2n) is 5.55. The highest BCUT2D eigenvalue weighted by Crippen LogP contribution is 2.23. The summed E-state index contributed by atoms with van der Waals surface area (Å²) in [6.45, 7) is 5.07. The minimum absolute atomic E-state index is 0.0760. The van der Waals surface area contributed by atoms with E-state index in [4.69, 9.17) is 0 Å². The summed E-state index contributed by atoms with van der Waals surface area (Å²) in [7, 11) is -3.81. The van der Waals surface area contributed by atoms with Crippen LogP contribution in [0.1, 0.15) is 24.2 Å². The maximum atomic E-state index is 12.7. The smallest absolute Gasteiger partial charge is 0.264 e. The minimum atomic E-state index is -3.81. The number of anilines is 1. The van der Waals surface area contributed by atoms with Crippen molar-refractivity contribution >= 4 is 44.4 Å². The maximum absolute atomic E-state index is 12.7. The monoisotopic (exact) mass is 390 g/mol. The molecule has 0 saturated carbocycles. The summed E-state index contributed by atoms with van der Waals surface area (Å²) in [5.41, 5.74) is 1.78. The Kier molecular flexibility index (Phi) is 5.19. The number of carbonyl (C=O) groups excluding carboxylic acids is 1. The normalized spacial score (nSPS) is 11.5. The van der Waals surface area contributed by atoms with Crippen molar-refractivity contribution in [3.8, 4) is 0 Å². The van der Waals surface area contributed by atoms with Gasteiger partial charge < -0.3 is 4.90 Å². The number of nitrogens with zero attached hydrogens (tertiary/aromatic N) is 3. The summed E-state index contributed by atoms with van der Waals surface area (Å²) in [5.74, 6) is -0.0808. The molecule has 0 radical (unpaired) electrons. The fourth-order valence-electron chi connectivity index (χ4n) is 2.58. The molecule has 0 unspecified atom stereocenters. The van der Waals surface area contributed by atoms with Crippen molar-refractivity contribution in [2.24, 2.45) is 0 Å². The van der Waals surface area contributed by atoms with Gasteiger partial charge in [-0.05, 0) is 50.2 Å². The first-order valence-electron chi connectivity index (χ1n) is 8.09. The molecule has 0 saturated heterocycles. The van der Waals surface area contributed by atoms with Gasteiger partial charge >= 0.3 is 0 Å². The van der Waals surface area contributed by atoms with Gasteiger partial charge in [-0.25, -0.2) is 8.42 Å². The average Bonchev–Trinajstić information content (AvgIpc) is 3.11. The lowest BCUT2D eigenvalue weighted by Crippen LogP contribution is -2.30. The third-order valence-corrected chi connectivity index (χ3v) is 5.93. The molecule has 0 aliphatic carbocycles. The first-order valence-corrected chi connectivity index (χ1v) is 10.3. The van der Waals surface area contributed by atoms with E-state index in [1.807, 2.05) is 13.8 Å². The molecule has 136 valence electrons. The molecule has 1 N–H and O–H groups in total. The van der Waals surface area contributed by atoms with E-state index in [9.17, 15) is 13.2 Å². The van der Waals surface area contributed by atoms with Crippen LogP contribution >= 0.6 is 11.7 Å². The van der Waals surface area contributed by atoms with Crippen molar-refractivity contribution in [3.05, 3.63) is 48.0 Å². The Morgan fingerprint density at radius 2 is 1.77 bits per heavy atom. The molecule has 1 aromatic heterocycles. The first-order chi connectivity index (χ1) is 12.5. The van der Waals surface area contributed by atoms with E-state index < -0.39 is 10.0 Å². The first kappa shape index (κ1) is 18.3. The number of carbonyl (C=O) groups is 1. The maximum Gasteiger partial charge on any atom is 0.264 e. The number of hydrogen-bond donors (Lipinski definition) is 1. The summed E-state index contributed by atoms with van der Waals surface area (Å²) < 4.78 is 36.0. The molecule has 0 aliphatic rings. The van der Waals surface area contributed by atoms with E-state index in [-0.39, 0.29) is 10.8 Å².